The highest BCUT2D eigenvalue weighted by Crippen LogP contribution is 2.36. The Balaban J connectivity index is 3.16. The summed E-state index contributed by atoms with van der Waals surface area (Å²) in [6.45, 7) is 6.23. The number of carbonyl (C=O) groups is 1. The van der Waals surface area contributed by atoms with E-state index in [1.165, 1.54) is 12.1 Å². The second kappa shape index (κ2) is 7.24. The fourth-order valence-electron chi connectivity index (χ4n) is 1.68. The predicted molar refractivity (Wildman–Crippen MR) is 74.6 cm³/mol. The smallest absolute Gasteiger partial charge is 0.335 e. The van der Waals surface area contributed by atoms with Crippen molar-refractivity contribution in [3.63, 3.8) is 0 Å². The zero-order chi connectivity index (χ0) is 14.4. The van der Waals surface area contributed by atoms with Crippen LogP contribution in [0.2, 0.25) is 5.02 Å². The van der Waals surface area contributed by atoms with Crippen LogP contribution in [0, 0.1) is 0 Å². The lowest BCUT2D eigenvalue weighted by atomic mass is 10.2. The van der Waals surface area contributed by atoms with Crippen molar-refractivity contribution >= 4 is 17.6 Å². The van der Waals surface area contributed by atoms with Crippen LogP contribution in [0.5, 0.6) is 11.5 Å². The lowest BCUT2D eigenvalue weighted by Crippen LogP contribution is -2.14. The van der Waals surface area contributed by atoms with Crippen molar-refractivity contribution in [2.24, 2.45) is 0 Å². The summed E-state index contributed by atoms with van der Waals surface area (Å²) in [5.74, 6) is -0.337. The lowest BCUT2D eigenvalue weighted by Gasteiger charge is -2.18. The van der Waals surface area contributed by atoms with E-state index in [1.807, 2.05) is 20.8 Å². The number of carboxylic acids is 1. The van der Waals surface area contributed by atoms with Gasteiger partial charge in [0.2, 0.25) is 0 Å². The molecule has 0 amide bonds. The molecule has 1 rings (SSSR count). The van der Waals surface area contributed by atoms with Crippen LogP contribution in [0.3, 0.4) is 0 Å². The van der Waals surface area contributed by atoms with Gasteiger partial charge in [-0.05, 0) is 31.9 Å². The molecule has 0 unspecified atom stereocenters. The van der Waals surface area contributed by atoms with Crippen LogP contribution < -0.4 is 9.47 Å². The Bertz CT molecular complexity index is 441. The van der Waals surface area contributed by atoms with Crippen LogP contribution in [0.25, 0.3) is 0 Å². The van der Waals surface area contributed by atoms with Crippen molar-refractivity contribution in [3.8, 4) is 11.5 Å². The van der Waals surface area contributed by atoms with E-state index >= 15 is 0 Å². The fraction of sp³-hybridized carbons (Fsp3) is 0.500. The van der Waals surface area contributed by atoms with Gasteiger partial charge in [0.25, 0.3) is 0 Å². The molecule has 0 atom stereocenters. The first-order chi connectivity index (χ1) is 9.03. The van der Waals surface area contributed by atoms with Gasteiger partial charge in [-0.3, -0.25) is 0 Å². The molecule has 0 aromatic heterocycles. The zero-order valence-corrected chi connectivity index (χ0v) is 12.2. The zero-order valence-electron chi connectivity index (χ0n) is 11.4. The maximum atomic E-state index is 11.1. The SMILES string of the molecule is CCOc1cc(C(=O)O)cc(OC(CC)CC)c1Cl. The largest absolute Gasteiger partial charge is 0.492 e. The van der Waals surface area contributed by atoms with Gasteiger partial charge >= 0.3 is 5.97 Å². The monoisotopic (exact) mass is 286 g/mol. The standard InChI is InChI=1S/C14H19ClO4/c1-4-10(5-2)19-12-8-9(14(16)17)7-11(13(12)15)18-6-3/h7-8,10H,4-6H2,1-3H3,(H,16,17). The van der Waals surface area contributed by atoms with Gasteiger partial charge in [-0.15, -0.1) is 0 Å². The molecule has 0 aliphatic carbocycles. The normalized spacial score (nSPS) is 10.6. The van der Waals surface area contributed by atoms with Crippen molar-refractivity contribution in [3.05, 3.63) is 22.7 Å². The predicted octanol–water partition coefficient (Wildman–Crippen LogP) is 4.00. The first kappa shape index (κ1) is 15.6. The van der Waals surface area contributed by atoms with Gasteiger partial charge in [-0.2, -0.15) is 0 Å². The molecule has 0 aliphatic heterocycles. The third kappa shape index (κ3) is 4.03. The number of benzene rings is 1. The second-order valence-corrected chi connectivity index (χ2v) is 4.46. The summed E-state index contributed by atoms with van der Waals surface area (Å²) in [6.07, 6.45) is 1.67. The van der Waals surface area contributed by atoms with Crippen LogP contribution in [0.4, 0.5) is 0 Å². The molecule has 0 bridgehead atoms. The Morgan fingerprint density at radius 1 is 1.26 bits per heavy atom. The summed E-state index contributed by atoms with van der Waals surface area (Å²) in [5, 5.41) is 9.41. The number of aromatic carboxylic acids is 1. The number of halogens is 1. The minimum Gasteiger partial charge on any atom is -0.492 e. The quantitative estimate of drug-likeness (QED) is 0.823. The summed E-state index contributed by atoms with van der Waals surface area (Å²) in [4.78, 5) is 11.1. The maximum absolute atomic E-state index is 11.1. The van der Waals surface area contributed by atoms with Gasteiger partial charge in [0.15, 0.2) is 0 Å². The van der Waals surface area contributed by atoms with Crippen molar-refractivity contribution in [1.82, 2.24) is 0 Å². The first-order valence-corrected chi connectivity index (χ1v) is 6.77. The van der Waals surface area contributed by atoms with Crippen molar-refractivity contribution < 1.29 is 19.4 Å². The molecule has 0 heterocycles. The van der Waals surface area contributed by atoms with E-state index in [1.54, 1.807) is 0 Å². The van der Waals surface area contributed by atoms with Gasteiger partial charge < -0.3 is 14.6 Å². The molecular formula is C14H19ClO4. The molecule has 1 aromatic rings. The average Bonchev–Trinajstić information content (AvgIpc) is 2.39. The van der Waals surface area contributed by atoms with E-state index in [0.717, 1.165) is 12.8 Å². The molecule has 0 spiro atoms. The number of rotatable bonds is 7. The molecule has 0 saturated carbocycles. The minimum atomic E-state index is -1.04. The average molecular weight is 287 g/mol. The van der Waals surface area contributed by atoms with E-state index in [2.05, 4.69) is 0 Å². The Morgan fingerprint density at radius 3 is 2.32 bits per heavy atom. The van der Waals surface area contributed by atoms with Crippen molar-refractivity contribution in [1.29, 1.82) is 0 Å². The third-order valence-electron chi connectivity index (χ3n) is 2.76. The Kier molecular flexibility index (Phi) is 5.96. The van der Waals surface area contributed by atoms with Crippen LogP contribution in [0.1, 0.15) is 44.0 Å². The molecule has 106 valence electrons. The fourth-order valence-corrected chi connectivity index (χ4v) is 1.89. The van der Waals surface area contributed by atoms with Crippen LogP contribution in [-0.2, 0) is 0 Å². The lowest BCUT2D eigenvalue weighted by molar-refractivity contribution is 0.0695. The minimum absolute atomic E-state index is 0.0102. The van der Waals surface area contributed by atoms with Gasteiger partial charge in [0, 0.05) is 0 Å². The van der Waals surface area contributed by atoms with Crippen LogP contribution in [0.15, 0.2) is 12.1 Å². The van der Waals surface area contributed by atoms with E-state index in [0.29, 0.717) is 23.1 Å². The topological polar surface area (TPSA) is 55.8 Å². The van der Waals surface area contributed by atoms with Crippen molar-refractivity contribution in [2.75, 3.05) is 6.61 Å². The molecule has 0 radical (unpaired) electrons. The Labute approximate surface area is 118 Å². The van der Waals surface area contributed by atoms with Gasteiger partial charge in [0.1, 0.15) is 16.5 Å². The van der Waals surface area contributed by atoms with E-state index in [9.17, 15) is 4.79 Å². The van der Waals surface area contributed by atoms with Crippen molar-refractivity contribution in [2.45, 2.75) is 39.7 Å². The summed E-state index contributed by atoms with van der Waals surface area (Å²) in [6, 6.07) is 2.85. The van der Waals surface area contributed by atoms with Crippen LogP contribution >= 0.6 is 11.6 Å². The summed E-state index contributed by atoms with van der Waals surface area (Å²) < 4.78 is 11.1. The molecule has 1 N–H and O–H groups in total. The highest BCUT2D eigenvalue weighted by Gasteiger charge is 2.17. The highest BCUT2D eigenvalue weighted by molar-refractivity contribution is 6.33. The number of hydrogen-bond donors (Lipinski definition) is 1. The highest BCUT2D eigenvalue weighted by atomic mass is 35.5. The Morgan fingerprint density at radius 2 is 1.84 bits per heavy atom. The number of ether oxygens (including phenoxy) is 2. The van der Waals surface area contributed by atoms with E-state index < -0.39 is 5.97 Å². The molecule has 4 nitrogen and oxygen atoms in total. The molecule has 0 aliphatic rings. The molecule has 0 fully saturated rings. The molecular weight excluding hydrogens is 268 g/mol. The summed E-state index contributed by atoms with van der Waals surface area (Å²) in [7, 11) is 0. The molecule has 0 saturated heterocycles. The molecule has 1 aromatic carbocycles. The van der Waals surface area contributed by atoms with Gasteiger partial charge in [-0.1, -0.05) is 25.4 Å². The van der Waals surface area contributed by atoms with Gasteiger partial charge in [0.05, 0.1) is 18.3 Å². The maximum Gasteiger partial charge on any atom is 0.335 e. The van der Waals surface area contributed by atoms with Gasteiger partial charge in [-0.25, -0.2) is 4.79 Å². The summed E-state index contributed by atoms with van der Waals surface area (Å²) in [5.41, 5.74) is 0.105. The first-order valence-electron chi connectivity index (χ1n) is 6.39. The van der Waals surface area contributed by atoms with E-state index in [4.69, 9.17) is 26.2 Å². The number of hydrogen-bond acceptors (Lipinski definition) is 3. The van der Waals surface area contributed by atoms with E-state index in [-0.39, 0.29) is 11.7 Å². The number of carboxylic acid groups (broad SMARTS) is 1. The second-order valence-electron chi connectivity index (χ2n) is 4.08. The van der Waals surface area contributed by atoms with Crippen LogP contribution in [-0.4, -0.2) is 23.8 Å². The molecule has 19 heavy (non-hydrogen) atoms. The Hall–Kier alpha value is -1.42. The molecule has 5 heteroatoms. The third-order valence-corrected chi connectivity index (χ3v) is 3.13. The summed E-state index contributed by atoms with van der Waals surface area (Å²) >= 11 is 6.18.